The summed E-state index contributed by atoms with van der Waals surface area (Å²) in [6.45, 7) is 7.57. The summed E-state index contributed by atoms with van der Waals surface area (Å²) in [5, 5.41) is 2.36. The normalized spacial score (nSPS) is 11.0. The second kappa shape index (κ2) is 9.15. The molecule has 150 valence electrons. The van der Waals surface area contributed by atoms with Crippen LogP contribution in [0.1, 0.15) is 33.5 Å². The van der Waals surface area contributed by atoms with Crippen molar-refractivity contribution in [3.63, 3.8) is 0 Å². The Hall–Kier alpha value is -2.77. The molecule has 2 heterocycles. The summed E-state index contributed by atoms with van der Waals surface area (Å²) < 4.78 is 5.27. The van der Waals surface area contributed by atoms with E-state index in [2.05, 4.69) is 4.98 Å². The topological polar surface area (TPSA) is 59.5 Å². The lowest BCUT2D eigenvalue weighted by Gasteiger charge is -2.20. The van der Waals surface area contributed by atoms with Gasteiger partial charge in [-0.3, -0.25) is 9.69 Å². The molecular formula is C22H22N2O3S2. The Balaban J connectivity index is 1.67. The number of carbonyl (C=O) groups excluding carboxylic acids is 2. The van der Waals surface area contributed by atoms with Crippen molar-refractivity contribution < 1.29 is 14.3 Å². The molecule has 1 aromatic carbocycles. The Labute approximate surface area is 178 Å². The third kappa shape index (κ3) is 5.40. The zero-order valence-electron chi connectivity index (χ0n) is 16.8. The first kappa shape index (κ1) is 21.0. The van der Waals surface area contributed by atoms with Crippen molar-refractivity contribution in [3.8, 4) is 0 Å². The number of nitrogens with zero attached hydrogens (tertiary/aromatic N) is 2. The van der Waals surface area contributed by atoms with Crippen molar-refractivity contribution in [2.75, 3.05) is 4.90 Å². The van der Waals surface area contributed by atoms with Crippen molar-refractivity contribution >= 4 is 51.4 Å². The van der Waals surface area contributed by atoms with Crippen LogP contribution in [0.2, 0.25) is 0 Å². The van der Waals surface area contributed by atoms with Crippen molar-refractivity contribution in [1.82, 2.24) is 4.98 Å². The predicted octanol–water partition coefficient (Wildman–Crippen LogP) is 5.57. The number of aryl methyl sites for hydroxylation is 3. The average molecular weight is 427 g/mol. The molecule has 0 fully saturated rings. The SMILES string of the molecule is CC(=O)N(c1nc(COC(=O)/C=C\c2ccc(C)s2)cs1)c1ccc(C)cc1C. The molecule has 0 N–H and O–H groups in total. The lowest BCUT2D eigenvalue weighted by molar-refractivity contribution is -0.139. The van der Waals surface area contributed by atoms with E-state index in [1.165, 1.54) is 29.2 Å². The van der Waals surface area contributed by atoms with Crippen molar-refractivity contribution in [2.45, 2.75) is 34.3 Å². The molecule has 0 radical (unpaired) electrons. The fourth-order valence-corrected chi connectivity index (χ4v) is 4.46. The molecule has 0 unspecified atom stereocenters. The van der Waals surface area contributed by atoms with E-state index in [1.54, 1.807) is 27.7 Å². The van der Waals surface area contributed by atoms with Gasteiger partial charge in [-0.15, -0.1) is 22.7 Å². The van der Waals surface area contributed by atoms with Crippen molar-refractivity contribution in [1.29, 1.82) is 0 Å². The first-order valence-electron chi connectivity index (χ1n) is 9.07. The highest BCUT2D eigenvalue weighted by molar-refractivity contribution is 7.14. The number of hydrogen-bond acceptors (Lipinski definition) is 6. The maximum absolute atomic E-state index is 12.3. The average Bonchev–Trinajstić information content (AvgIpc) is 3.29. The highest BCUT2D eigenvalue weighted by Gasteiger charge is 2.20. The second-order valence-electron chi connectivity index (χ2n) is 6.66. The fourth-order valence-electron chi connectivity index (χ4n) is 2.82. The molecule has 3 aromatic rings. The van der Waals surface area contributed by atoms with Crippen molar-refractivity contribution in [3.05, 3.63) is 68.4 Å². The number of benzene rings is 1. The maximum Gasteiger partial charge on any atom is 0.331 e. The number of ether oxygens (including phenoxy) is 1. The van der Waals surface area contributed by atoms with Crippen LogP contribution in [0.4, 0.5) is 10.8 Å². The summed E-state index contributed by atoms with van der Waals surface area (Å²) in [6, 6.07) is 9.88. The van der Waals surface area contributed by atoms with Crippen LogP contribution in [0, 0.1) is 20.8 Å². The molecular weight excluding hydrogens is 404 g/mol. The molecule has 0 atom stereocenters. The number of thiophene rings is 1. The molecule has 5 nitrogen and oxygen atoms in total. The molecule has 0 saturated carbocycles. The zero-order valence-corrected chi connectivity index (χ0v) is 18.4. The first-order chi connectivity index (χ1) is 13.8. The molecule has 7 heteroatoms. The third-order valence-corrected chi connectivity index (χ3v) is 5.99. The minimum atomic E-state index is -0.427. The van der Waals surface area contributed by atoms with Crippen LogP contribution in [0.25, 0.3) is 6.08 Å². The zero-order chi connectivity index (χ0) is 21.0. The van der Waals surface area contributed by atoms with Gasteiger partial charge in [-0.05, 0) is 50.6 Å². The van der Waals surface area contributed by atoms with Gasteiger partial charge in [-0.25, -0.2) is 9.78 Å². The van der Waals surface area contributed by atoms with E-state index in [9.17, 15) is 9.59 Å². The maximum atomic E-state index is 12.3. The van der Waals surface area contributed by atoms with Crippen LogP contribution < -0.4 is 4.90 Å². The minimum absolute atomic E-state index is 0.0573. The van der Waals surface area contributed by atoms with Crippen LogP contribution >= 0.6 is 22.7 Å². The third-order valence-electron chi connectivity index (χ3n) is 4.15. The highest BCUT2D eigenvalue weighted by atomic mass is 32.1. The summed E-state index contributed by atoms with van der Waals surface area (Å²) in [5.41, 5.74) is 3.54. The van der Waals surface area contributed by atoms with Gasteiger partial charge in [0.25, 0.3) is 0 Å². The van der Waals surface area contributed by atoms with Crippen LogP contribution in [0.3, 0.4) is 0 Å². The van der Waals surface area contributed by atoms with Gasteiger partial charge in [0.1, 0.15) is 6.61 Å². The van der Waals surface area contributed by atoms with Gasteiger partial charge in [-0.1, -0.05) is 17.7 Å². The second-order valence-corrected chi connectivity index (χ2v) is 8.81. The van der Waals surface area contributed by atoms with Crippen LogP contribution in [-0.2, 0) is 20.9 Å². The fraction of sp³-hybridized carbons (Fsp3) is 0.227. The molecule has 3 rings (SSSR count). The molecule has 0 saturated heterocycles. The molecule has 0 spiro atoms. The number of thiazole rings is 1. The Morgan fingerprint density at radius 1 is 1.17 bits per heavy atom. The van der Waals surface area contributed by atoms with Crippen LogP contribution in [0.5, 0.6) is 0 Å². The van der Waals surface area contributed by atoms with Crippen LogP contribution in [-0.4, -0.2) is 16.9 Å². The van der Waals surface area contributed by atoms with Gasteiger partial charge in [0.05, 0.1) is 11.4 Å². The Morgan fingerprint density at radius 3 is 2.62 bits per heavy atom. The molecule has 1 amide bonds. The number of anilines is 2. The Kier molecular flexibility index (Phi) is 6.61. The summed E-state index contributed by atoms with van der Waals surface area (Å²) in [4.78, 5) is 32.5. The minimum Gasteiger partial charge on any atom is -0.456 e. The smallest absolute Gasteiger partial charge is 0.331 e. The Bertz CT molecular complexity index is 1070. The molecule has 0 aliphatic carbocycles. The van der Waals surface area contributed by atoms with Gasteiger partial charge in [0, 0.05) is 28.1 Å². The predicted molar refractivity (Wildman–Crippen MR) is 119 cm³/mol. The van der Waals surface area contributed by atoms with Gasteiger partial charge < -0.3 is 4.74 Å². The van der Waals surface area contributed by atoms with E-state index in [1.807, 2.05) is 51.1 Å². The number of rotatable bonds is 6. The van der Waals surface area contributed by atoms with E-state index >= 15 is 0 Å². The van der Waals surface area contributed by atoms with Crippen molar-refractivity contribution in [2.24, 2.45) is 0 Å². The number of amides is 1. The highest BCUT2D eigenvalue weighted by Crippen LogP contribution is 2.31. The van der Waals surface area contributed by atoms with Gasteiger partial charge in [0.15, 0.2) is 5.13 Å². The number of aromatic nitrogens is 1. The van der Waals surface area contributed by atoms with E-state index in [0.717, 1.165) is 21.7 Å². The largest absolute Gasteiger partial charge is 0.456 e. The van der Waals surface area contributed by atoms with Gasteiger partial charge in [0.2, 0.25) is 5.91 Å². The van der Waals surface area contributed by atoms with Gasteiger partial charge >= 0.3 is 5.97 Å². The van der Waals surface area contributed by atoms with Crippen LogP contribution in [0.15, 0.2) is 41.8 Å². The van der Waals surface area contributed by atoms with E-state index in [-0.39, 0.29) is 12.5 Å². The monoisotopic (exact) mass is 426 g/mol. The van der Waals surface area contributed by atoms with E-state index < -0.39 is 5.97 Å². The summed E-state index contributed by atoms with van der Waals surface area (Å²) in [5.74, 6) is -0.549. The number of carbonyl (C=O) groups is 2. The Morgan fingerprint density at radius 2 is 1.97 bits per heavy atom. The summed E-state index contributed by atoms with van der Waals surface area (Å²) >= 11 is 2.96. The standard InChI is InChI=1S/C22H22N2O3S2/c1-14-5-9-20(15(2)11-14)24(17(4)25)22-23-18(13-28-22)12-27-21(26)10-8-19-7-6-16(3)29-19/h5-11,13H,12H2,1-4H3/b10-8-. The quantitative estimate of drug-likeness (QED) is 0.382. The van der Waals surface area contributed by atoms with E-state index in [0.29, 0.717) is 10.8 Å². The molecule has 29 heavy (non-hydrogen) atoms. The molecule has 0 bridgehead atoms. The van der Waals surface area contributed by atoms with Gasteiger partial charge in [-0.2, -0.15) is 0 Å². The number of hydrogen-bond donors (Lipinski definition) is 0. The summed E-state index contributed by atoms with van der Waals surface area (Å²) in [7, 11) is 0. The lowest BCUT2D eigenvalue weighted by Crippen LogP contribution is -2.23. The number of esters is 1. The lowest BCUT2D eigenvalue weighted by atomic mass is 10.1. The molecule has 2 aromatic heterocycles. The van der Waals surface area contributed by atoms with E-state index in [4.69, 9.17) is 4.74 Å². The molecule has 0 aliphatic heterocycles. The summed E-state index contributed by atoms with van der Waals surface area (Å²) in [6.07, 6.45) is 3.15. The first-order valence-corrected chi connectivity index (χ1v) is 10.8. The molecule has 0 aliphatic rings.